The monoisotopic (exact) mass is 502 g/mol. The highest BCUT2D eigenvalue weighted by atomic mass is 16.7. The highest BCUT2D eigenvalue weighted by Gasteiger charge is 2.84. The first-order valence-electron chi connectivity index (χ1n) is 14.1. The summed E-state index contributed by atoms with van der Waals surface area (Å²) in [6, 6.07) is 0. The van der Waals surface area contributed by atoms with E-state index in [2.05, 4.69) is 26.8 Å². The molecule has 1 N–H and O–H groups in total. The number of aldehydes is 1. The van der Waals surface area contributed by atoms with Crippen molar-refractivity contribution >= 4 is 12.3 Å². The fraction of sp³-hybridized carbons (Fsp3) is 0.862. The van der Waals surface area contributed by atoms with Gasteiger partial charge in [-0.2, -0.15) is 0 Å². The van der Waals surface area contributed by atoms with Crippen LogP contribution >= 0.6 is 0 Å². The van der Waals surface area contributed by atoms with Gasteiger partial charge in [-0.1, -0.05) is 38.8 Å². The van der Waals surface area contributed by atoms with Crippen molar-refractivity contribution < 1.29 is 33.6 Å². The van der Waals surface area contributed by atoms with Crippen molar-refractivity contribution in [2.24, 2.45) is 45.8 Å². The number of fused-ring (bicyclic) bond motifs is 3. The van der Waals surface area contributed by atoms with Gasteiger partial charge in [-0.25, -0.2) is 0 Å². The quantitative estimate of drug-likeness (QED) is 0.429. The normalized spacial score (nSPS) is 53.2. The molecule has 6 aliphatic rings. The lowest BCUT2D eigenvalue weighted by Gasteiger charge is -2.58. The van der Waals surface area contributed by atoms with Crippen molar-refractivity contribution in [2.75, 3.05) is 13.2 Å². The van der Waals surface area contributed by atoms with Crippen LogP contribution < -0.4 is 0 Å². The fourth-order valence-electron chi connectivity index (χ4n) is 9.94. The average Bonchev–Trinajstić information content (AvgIpc) is 3.40. The Morgan fingerprint density at radius 2 is 2.00 bits per heavy atom. The molecule has 0 aromatic carbocycles. The predicted molar refractivity (Wildman–Crippen MR) is 131 cm³/mol. The molecule has 0 radical (unpaired) electrons. The predicted octanol–water partition coefficient (Wildman–Crippen LogP) is 4.24. The zero-order valence-electron chi connectivity index (χ0n) is 22.3. The molecule has 0 amide bonds. The Kier molecular flexibility index (Phi) is 5.81. The van der Waals surface area contributed by atoms with E-state index < -0.39 is 28.5 Å². The van der Waals surface area contributed by atoms with Gasteiger partial charge in [-0.05, 0) is 62.7 Å². The molecule has 0 spiro atoms. The van der Waals surface area contributed by atoms with E-state index in [1.165, 1.54) is 0 Å². The zero-order valence-corrected chi connectivity index (χ0v) is 22.3. The number of hydrogen-bond donors (Lipinski definition) is 1. The second kappa shape index (κ2) is 8.36. The maximum Gasteiger partial charge on any atom is 0.315 e. The van der Waals surface area contributed by atoms with E-state index in [1.807, 2.05) is 13.8 Å². The first-order chi connectivity index (χ1) is 17.1. The molecule has 8 unspecified atom stereocenters. The van der Waals surface area contributed by atoms with E-state index in [0.29, 0.717) is 31.3 Å². The van der Waals surface area contributed by atoms with Crippen LogP contribution in [0.1, 0.15) is 66.7 Å². The molecule has 7 heteroatoms. The molecule has 7 nitrogen and oxygen atoms in total. The van der Waals surface area contributed by atoms with E-state index in [-0.39, 0.29) is 48.8 Å². The standard InChI is InChI=1S/C29H42O7/c1-15(2)22-8-19-10-27(13-30)21-7-6-16(3)20(21)11-28(19,29(22,27)26(31)32)14-34-24-9-23-25(18(5)36-24)33-12-17(4)35-23/h8,13,15-21,23-25H,6-7,9-12,14H2,1-5H3,(H,31,32)/t16?,17?,18-,19?,20?,21?,23+,24-,25+,27?,28?,29?/m1/s1. The van der Waals surface area contributed by atoms with Crippen molar-refractivity contribution in [1.82, 2.24) is 0 Å². The fourth-order valence-corrected chi connectivity index (χ4v) is 9.94. The van der Waals surface area contributed by atoms with E-state index in [4.69, 9.17) is 18.9 Å². The molecule has 36 heavy (non-hydrogen) atoms. The van der Waals surface area contributed by atoms with Crippen LogP contribution in [0.4, 0.5) is 0 Å². The Labute approximate surface area is 214 Å². The Hall–Kier alpha value is -1.28. The molecule has 2 saturated heterocycles. The van der Waals surface area contributed by atoms with Crippen LogP contribution in [0.5, 0.6) is 0 Å². The lowest BCUT2D eigenvalue weighted by atomic mass is 9.43. The Morgan fingerprint density at radius 1 is 1.22 bits per heavy atom. The van der Waals surface area contributed by atoms with Crippen molar-refractivity contribution in [1.29, 1.82) is 0 Å². The van der Waals surface area contributed by atoms with Crippen LogP contribution in [0, 0.1) is 45.8 Å². The van der Waals surface area contributed by atoms with E-state index >= 15 is 0 Å². The summed E-state index contributed by atoms with van der Waals surface area (Å²) in [5.74, 6) is 0.205. The van der Waals surface area contributed by atoms with Gasteiger partial charge in [0.15, 0.2) is 6.29 Å². The van der Waals surface area contributed by atoms with Crippen molar-refractivity contribution in [2.45, 2.75) is 97.4 Å². The van der Waals surface area contributed by atoms with Gasteiger partial charge in [0, 0.05) is 11.8 Å². The topological polar surface area (TPSA) is 91.3 Å². The Morgan fingerprint density at radius 3 is 2.69 bits per heavy atom. The minimum absolute atomic E-state index is 0.0250. The molecule has 3 saturated carbocycles. The summed E-state index contributed by atoms with van der Waals surface area (Å²) in [5, 5.41) is 11.1. The third kappa shape index (κ3) is 2.95. The second-order valence-corrected chi connectivity index (χ2v) is 13.1. The summed E-state index contributed by atoms with van der Waals surface area (Å²) in [7, 11) is 0. The SMILES string of the molecule is CC1CO[C@@H]2[C@H](C[C@H](OCC34CC5C(C)CCC5C5(C=O)CC3C=C(C(C)C)C54C(=O)O)O[C@@H]2C)O1. The molecule has 6 rings (SSSR count). The van der Waals surface area contributed by atoms with Crippen LogP contribution in [-0.2, 0) is 28.5 Å². The van der Waals surface area contributed by atoms with Gasteiger partial charge in [0.25, 0.3) is 0 Å². The van der Waals surface area contributed by atoms with Crippen molar-refractivity contribution in [3.05, 3.63) is 11.6 Å². The van der Waals surface area contributed by atoms with Gasteiger partial charge >= 0.3 is 5.97 Å². The minimum Gasteiger partial charge on any atom is -0.481 e. The third-order valence-electron chi connectivity index (χ3n) is 11.2. The molecule has 2 heterocycles. The van der Waals surface area contributed by atoms with Crippen LogP contribution in [0.2, 0.25) is 0 Å². The summed E-state index contributed by atoms with van der Waals surface area (Å²) in [4.78, 5) is 26.7. The van der Waals surface area contributed by atoms with Crippen LogP contribution in [0.25, 0.3) is 0 Å². The maximum atomic E-state index is 13.6. The van der Waals surface area contributed by atoms with Gasteiger partial charge in [0.1, 0.15) is 17.8 Å². The van der Waals surface area contributed by atoms with Crippen molar-refractivity contribution in [3.63, 3.8) is 0 Å². The number of allylic oxidation sites excluding steroid dienone is 1. The molecule has 0 aromatic rings. The summed E-state index contributed by atoms with van der Waals surface area (Å²) >= 11 is 0. The molecule has 0 aromatic heterocycles. The second-order valence-electron chi connectivity index (χ2n) is 13.1. The molecular weight excluding hydrogens is 460 g/mol. The number of carboxylic acid groups (broad SMARTS) is 1. The minimum atomic E-state index is -1.21. The van der Waals surface area contributed by atoms with Gasteiger partial charge in [0.05, 0.1) is 36.9 Å². The highest BCUT2D eigenvalue weighted by Crippen LogP contribution is 2.82. The lowest BCUT2D eigenvalue weighted by Crippen LogP contribution is -2.64. The molecule has 200 valence electrons. The smallest absolute Gasteiger partial charge is 0.315 e. The number of carboxylic acids is 1. The number of rotatable bonds is 6. The third-order valence-corrected chi connectivity index (χ3v) is 11.2. The molecule has 2 aliphatic heterocycles. The van der Waals surface area contributed by atoms with E-state index in [9.17, 15) is 14.7 Å². The van der Waals surface area contributed by atoms with Gasteiger partial charge in [-0.15, -0.1) is 0 Å². The average molecular weight is 503 g/mol. The summed E-state index contributed by atoms with van der Waals surface area (Å²) in [6.45, 7) is 11.3. The first kappa shape index (κ1) is 25.0. The summed E-state index contributed by atoms with van der Waals surface area (Å²) in [5.41, 5.74) is -1.78. The van der Waals surface area contributed by atoms with Gasteiger partial charge in [-0.3, -0.25) is 4.79 Å². The zero-order chi connectivity index (χ0) is 25.6. The van der Waals surface area contributed by atoms with Crippen LogP contribution in [0.3, 0.4) is 0 Å². The number of ether oxygens (including phenoxy) is 4. The maximum absolute atomic E-state index is 13.6. The lowest BCUT2D eigenvalue weighted by molar-refractivity contribution is -0.301. The molecular formula is C29H42O7. The Balaban J connectivity index is 1.36. The number of hydrogen-bond acceptors (Lipinski definition) is 6. The van der Waals surface area contributed by atoms with Gasteiger partial charge < -0.3 is 28.8 Å². The molecule has 4 bridgehead atoms. The molecule has 4 aliphatic carbocycles. The summed E-state index contributed by atoms with van der Waals surface area (Å²) < 4.78 is 25.0. The number of carbonyl (C=O) groups is 2. The first-order valence-corrected chi connectivity index (χ1v) is 14.1. The molecule has 12 atom stereocenters. The highest BCUT2D eigenvalue weighted by molar-refractivity contribution is 5.90. The van der Waals surface area contributed by atoms with E-state index in [1.54, 1.807) is 0 Å². The summed E-state index contributed by atoms with van der Waals surface area (Å²) in [6.07, 6.45) is 6.43. The molecule has 5 fully saturated rings. The van der Waals surface area contributed by atoms with E-state index in [0.717, 1.165) is 31.1 Å². The number of aliphatic carboxylic acids is 1. The van der Waals surface area contributed by atoms with Crippen molar-refractivity contribution in [3.8, 4) is 0 Å². The van der Waals surface area contributed by atoms with Gasteiger partial charge in [0.2, 0.25) is 0 Å². The van der Waals surface area contributed by atoms with Crippen LogP contribution in [-0.4, -0.2) is 61.3 Å². The Bertz CT molecular complexity index is 961. The van der Waals surface area contributed by atoms with Crippen LogP contribution in [0.15, 0.2) is 11.6 Å². The largest absolute Gasteiger partial charge is 0.481 e. The number of carbonyl (C=O) groups excluding carboxylic acids is 1.